The van der Waals surface area contributed by atoms with Crippen molar-refractivity contribution in [3.05, 3.63) is 27.7 Å². The van der Waals surface area contributed by atoms with Gasteiger partial charge in [-0.3, -0.25) is 0 Å². The van der Waals surface area contributed by atoms with E-state index in [4.69, 9.17) is 4.74 Å². The van der Waals surface area contributed by atoms with Crippen LogP contribution in [0.3, 0.4) is 0 Å². The van der Waals surface area contributed by atoms with E-state index in [1.807, 2.05) is 4.68 Å². The van der Waals surface area contributed by atoms with Gasteiger partial charge >= 0.3 is 0 Å². The number of thiophene rings is 1. The van der Waals surface area contributed by atoms with Crippen molar-refractivity contribution in [2.45, 2.75) is 26.4 Å². The minimum absolute atomic E-state index is 0.103. The van der Waals surface area contributed by atoms with Crippen LogP contribution in [0.5, 0.6) is 0 Å². The third-order valence-electron chi connectivity index (χ3n) is 2.81. The van der Waals surface area contributed by atoms with Crippen molar-refractivity contribution in [1.29, 1.82) is 0 Å². The van der Waals surface area contributed by atoms with Crippen LogP contribution >= 0.6 is 11.3 Å². The second-order valence-electron chi connectivity index (χ2n) is 4.38. The molecule has 19 heavy (non-hydrogen) atoms. The molecule has 104 valence electrons. The van der Waals surface area contributed by atoms with E-state index in [1.54, 1.807) is 18.4 Å². The Kier molecular flexibility index (Phi) is 5.00. The molecule has 2 heterocycles. The van der Waals surface area contributed by atoms with E-state index < -0.39 is 0 Å². The first-order valence-electron chi connectivity index (χ1n) is 6.24. The number of ether oxygens (including phenoxy) is 1. The van der Waals surface area contributed by atoms with Crippen molar-refractivity contribution in [1.82, 2.24) is 25.5 Å². The van der Waals surface area contributed by atoms with E-state index >= 15 is 0 Å². The number of hydrogen-bond acceptors (Lipinski definition) is 6. The van der Waals surface area contributed by atoms with Gasteiger partial charge in [0, 0.05) is 23.4 Å². The maximum atomic E-state index is 5.02. The van der Waals surface area contributed by atoms with Gasteiger partial charge < -0.3 is 10.1 Å². The molecule has 2 rings (SSSR count). The van der Waals surface area contributed by atoms with Gasteiger partial charge in [0.2, 0.25) is 0 Å². The lowest BCUT2D eigenvalue weighted by Crippen LogP contribution is -2.25. The molecule has 0 aliphatic carbocycles. The molecule has 0 aliphatic rings. The van der Waals surface area contributed by atoms with E-state index in [-0.39, 0.29) is 6.04 Å². The van der Waals surface area contributed by atoms with Gasteiger partial charge in [0.05, 0.1) is 19.2 Å². The lowest BCUT2D eigenvalue weighted by molar-refractivity contribution is 0.196. The quantitative estimate of drug-likeness (QED) is 0.777. The molecule has 0 saturated heterocycles. The molecule has 6 nitrogen and oxygen atoms in total. The number of tetrazole rings is 1. The predicted octanol–water partition coefficient (Wildman–Crippen LogP) is 1.39. The lowest BCUT2D eigenvalue weighted by Gasteiger charge is -2.12. The van der Waals surface area contributed by atoms with Crippen LogP contribution in [0.1, 0.15) is 28.5 Å². The Morgan fingerprint density at radius 1 is 1.47 bits per heavy atom. The average molecular weight is 281 g/mol. The molecule has 7 heteroatoms. The van der Waals surface area contributed by atoms with Gasteiger partial charge in [-0.05, 0) is 36.4 Å². The highest BCUT2D eigenvalue weighted by Gasteiger charge is 2.14. The fraction of sp³-hybridized carbons (Fsp3) is 0.583. The zero-order chi connectivity index (χ0) is 13.7. The Balaban J connectivity index is 2.00. The maximum absolute atomic E-state index is 5.02. The van der Waals surface area contributed by atoms with Gasteiger partial charge in [0.25, 0.3) is 0 Å². The first kappa shape index (κ1) is 14.1. The molecule has 0 aromatic carbocycles. The molecule has 0 spiro atoms. The molecule has 1 N–H and O–H groups in total. The third-order valence-corrected chi connectivity index (χ3v) is 3.79. The van der Waals surface area contributed by atoms with Crippen LogP contribution in [-0.2, 0) is 11.3 Å². The summed E-state index contributed by atoms with van der Waals surface area (Å²) in [5.41, 5.74) is 0. The molecule has 0 radical (unpaired) electrons. The van der Waals surface area contributed by atoms with Gasteiger partial charge in [0.15, 0.2) is 5.82 Å². The van der Waals surface area contributed by atoms with E-state index in [1.165, 1.54) is 9.75 Å². The van der Waals surface area contributed by atoms with E-state index in [2.05, 4.69) is 46.8 Å². The van der Waals surface area contributed by atoms with E-state index in [9.17, 15) is 0 Å². The van der Waals surface area contributed by atoms with Crippen molar-refractivity contribution in [3.8, 4) is 0 Å². The molecule has 0 saturated carbocycles. The van der Waals surface area contributed by atoms with Crippen molar-refractivity contribution in [3.63, 3.8) is 0 Å². The zero-order valence-electron chi connectivity index (χ0n) is 11.5. The third kappa shape index (κ3) is 3.82. The monoisotopic (exact) mass is 281 g/mol. The topological polar surface area (TPSA) is 64.9 Å². The summed E-state index contributed by atoms with van der Waals surface area (Å²) in [6, 6.07) is 4.34. The van der Waals surface area contributed by atoms with Gasteiger partial charge in [-0.1, -0.05) is 0 Å². The minimum atomic E-state index is 0.103. The Morgan fingerprint density at radius 2 is 2.32 bits per heavy atom. The van der Waals surface area contributed by atoms with Crippen LogP contribution < -0.4 is 5.32 Å². The highest BCUT2D eigenvalue weighted by atomic mass is 32.1. The fourth-order valence-electron chi connectivity index (χ4n) is 1.82. The van der Waals surface area contributed by atoms with Crippen LogP contribution in [-0.4, -0.2) is 40.5 Å². The van der Waals surface area contributed by atoms with Crippen LogP contribution in [0, 0.1) is 6.92 Å². The minimum Gasteiger partial charge on any atom is -0.383 e. The molecular formula is C12H19N5OS. The molecule has 2 aromatic rings. The standard InChI is InChI=1S/C12H19N5OS/c1-9-4-5-11(19-9)8-17-12(14-15-16-17)10(2)13-6-7-18-3/h4-5,10,13H,6-8H2,1-3H3. The van der Waals surface area contributed by atoms with Gasteiger partial charge in [-0.25, -0.2) is 4.68 Å². The summed E-state index contributed by atoms with van der Waals surface area (Å²) in [4.78, 5) is 2.56. The summed E-state index contributed by atoms with van der Waals surface area (Å²) in [6.45, 7) is 6.33. The second-order valence-corrected chi connectivity index (χ2v) is 5.75. The van der Waals surface area contributed by atoms with Crippen LogP contribution in [0.2, 0.25) is 0 Å². The number of aryl methyl sites for hydroxylation is 1. The number of rotatable bonds is 7. The first-order chi connectivity index (χ1) is 9.20. The molecule has 2 aromatic heterocycles. The normalized spacial score (nSPS) is 12.8. The number of hydrogen-bond donors (Lipinski definition) is 1. The number of aromatic nitrogens is 4. The highest BCUT2D eigenvalue weighted by Crippen LogP contribution is 2.17. The molecule has 0 bridgehead atoms. The van der Waals surface area contributed by atoms with Crippen molar-refractivity contribution in [2.75, 3.05) is 20.3 Å². The molecule has 1 atom stereocenters. The van der Waals surface area contributed by atoms with Crippen molar-refractivity contribution in [2.24, 2.45) is 0 Å². The Labute approximate surface area is 116 Å². The fourth-order valence-corrected chi connectivity index (χ4v) is 2.69. The van der Waals surface area contributed by atoms with Crippen LogP contribution in [0.4, 0.5) is 0 Å². The highest BCUT2D eigenvalue weighted by molar-refractivity contribution is 7.11. The number of nitrogens with zero attached hydrogens (tertiary/aromatic N) is 4. The summed E-state index contributed by atoms with van der Waals surface area (Å²) in [6.07, 6.45) is 0. The summed E-state index contributed by atoms with van der Waals surface area (Å²) in [5, 5.41) is 15.3. The Bertz CT molecular complexity index is 510. The second kappa shape index (κ2) is 6.74. The molecule has 0 fully saturated rings. The number of methoxy groups -OCH3 is 1. The number of nitrogens with one attached hydrogen (secondary N) is 1. The lowest BCUT2D eigenvalue weighted by atomic mass is 10.3. The Hall–Kier alpha value is -1.31. The van der Waals surface area contributed by atoms with Gasteiger partial charge in [-0.15, -0.1) is 16.4 Å². The SMILES string of the molecule is COCCNC(C)c1nnnn1Cc1ccc(C)s1. The largest absolute Gasteiger partial charge is 0.383 e. The van der Waals surface area contributed by atoms with Crippen molar-refractivity contribution >= 4 is 11.3 Å². The molecule has 0 amide bonds. The molecular weight excluding hydrogens is 262 g/mol. The van der Waals surface area contributed by atoms with Crippen LogP contribution in [0.15, 0.2) is 12.1 Å². The maximum Gasteiger partial charge on any atom is 0.168 e. The van der Waals surface area contributed by atoms with Crippen molar-refractivity contribution < 1.29 is 4.74 Å². The summed E-state index contributed by atoms with van der Waals surface area (Å²) < 4.78 is 6.86. The van der Waals surface area contributed by atoms with Gasteiger partial charge in [0.1, 0.15) is 0 Å². The van der Waals surface area contributed by atoms with E-state index in [0.717, 1.165) is 18.9 Å². The van der Waals surface area contributed by atoms with Crippen LogP contribution in [0.25, 0.3) is 0 Å². The average Bonchev–Trinajstić information content (AvgIpc) is 2.99. The molecule has 0 aliphatic heterocycles. The Morgan fingerprint density at radius 3 is 3.00 bits per heavy atom. The summed E-state index contributed by atoms with van der Waals surface area (Å²) in [5.74, 6) is 0.849. The zero-order valence-corrected chi connectivity index (χ0v) is 12.3. The summed E-state index contributed by atoms with van der Waals surface area (Å²) >= 11 is 1.77. The van der Waals surface area contributed by atoms with E-state index in [0.29, 0.717) is 6.61 Å². The van der Waals surface area contributed by atoms with Gasteiger partial charge in [-0.2, -0.15) is 0 Å². The predicted molar refractivity (Wildman–Crippen MR) is 74.3 cm³/mol. The smallest absolute Gasteiger partial charge is 0.168 e. The summed E-state index contributed by atoms with van der Waals surface area (Å²) in [7, 11) is 1.69. The molecule has 1 unspecified atom stereocenters. The first-order valence-corrected chi connectivity index (χ1v) is 7.06.